The molecule has 1 N–H and O–H groups in total. The summed E-state index contributed by atoms with van der Waals surface area (Å²) in [5.41, 5.74) is 0.612. The number of amides is 1. The van der Waals surface area contributed by atoms with E-state index in [2.05, 4.69) is 5.32 Å². The van der Waals surface area contributed by atoms with Gasteiger partial charge in [-0.05, 0) is 17.7 Å². The third-order valence-electron chi connectivity index (χ3n) is 2.81. The SMILES string of the molecule is Cn1ccc(CNC(=O)c2cc(Cl)c(Cl)c([N+](=O)[O-])c2)c1. The number of halogens is 2. The van der Waals surface area contributed by atoms with E-state index >= 15 is 0 Å². The van der Waals surface area contributed by atoms with Gasteiger partial charge >= 0.3 is 0 Å². The molecule has 2 aromatic rings. The lowest BCUT2D eigenvalue weighted by Gasteiger charge is -2.06. The van der Waals surface area contributed by atoms with Crippen molar-refractivity contribution in [1.29, 1.82) is 0 Å². The van der Waals surface area contributed by atoms with Gasteiger partial charge in [0.25, 0.3) is 11.6 Å². The van der Waals surface area contributed by atoms with Crippen LogP contribution in [0, 0.1) is 10.1 Å². The van der Waals surface area contributed by atoms with Crippen molar-refractivity contribution in [3.8, 4) is 0 Å². The second-order valence-corrected chi connectivity index (χ2v) is 5.20. The van der Waals surface area contributed by atoms with Crippen molar-refractivity contribution in [1.82, 2.24) is 9.88 Å². The molecule has 0 fully saturated rings. The third kappa shape index (κ3) is 3.53. The fraction of sp³-hybridized carbons (Fsp3) is 0.154. The van der Waals surface area contributed by atoms with Crippen LogP contribution >= 0.6 is 23.2 Å². The van der Waals surface area contributed by atoms with Gasteiger partial charge in [-0.25, -0.2) is 0 Å². The van der Waals surface area contributed by atoms with Crippen LogP contribution in [-0.2, 0) is 13.6 Å². The predicted octanol–water partition coefficient (Wildman–Crippen LogP) is 3.17. The number of benzene rings is 1. The van der Waals surface area contributed by atoms with Gasteiger partial charge in [0.1, 0.15) is 5.02 Å². The van der Waals surface area contributed by atoms with Crippen LogP contribution in [-0.4, -0.2) is 15.4 Å². The number of aromatic nitrogens is 1. The van der Waals surface area contributed by atoms with Crippen LogP contribution in [0.3, 0.4) is 0 Å². The molecule has 2 rings (SSSR count). The Morgan fingerprint density at radius 3 is 2.71 bits per heavy atom. The number of hydrogen-bond acceptors (Lipinski definition) is 3. The average molecular weight is 328 g/mol. The molecule has 0 saturated heterocycles. The normalized spacial score (nSPS) is 10.4. The topological polar surface area (TPSA) is 77.2 Å². The number of nitrogens with one attached hydrogen (secondary N) is 1. The highest BCUT2D eigenvalue weighted by atomic mass is 35.5. The summed E-state index contributed by atoms with van der Waals surface area (Å²) in [6.45, 7) is 0.313. The van der Waals surface area contributed by atoms with Gasteiger partial charge in [0, 0.05) is 37.6 Å². The van der Waals surface area contributed by atoms with Crippen molar-refractivity contribution < 1.29 is 9.72 Å². The minimum Gasteiger partial charge on any atom is -0.357 e. The lowest BCUT2D eigenvalue weighted by Crippen LogP contribution is -2.22. The van der Waals surface area contributed by atoms with Crippen LogP contribution in [0.2, 0.25) is 10.0 Å². The second kappa shape index (κ2) is 6.15. The van der Waals surface area contributed by atoms with E-state index in [0.29, 0.717) is 6.54 Å². The van der Waals surface area contributed by atoms with Crippen LogP contribution in [0.4, 0.5) is 5.69 Å². The number of nitrogens with zero attached hydrogens (tertiary/aromatic N) is 2. The number of hydrogen-bond donors (Lipinski definition) is 1. The van der Waals surface area contributed by atoms with E-state index < -0.39 is 16.5 Å². The molecule has 1 aromatic heterocycles. The summed E-state index contributed by atoms with van der Waals surface area (Å²) in [7, 11) is 1.87. The van der Waals surface area contributed by atoms with Crippen LogP contribution in [0.15, 0.2) is 30.6 Å². The summed E-state index contributed by atoms with van der Waals surface area (Å²) >= 11 is 11.5. The van der Waals surface area contributed by atoms with Gasteiger partial charge in [-0.1, -0.05) is 23.2 Å². The Labute approximate surface area is 130 Å². The largest absolute Gasteiger partial charge is 0.357 e. The first kappa shape index (κ1) is 15.3. The molecule has 0 unspecified atom stereocenters. The molecule has 0 aliphatic heterocycles. The van der Waals surface area contributed by atoms with Crippen LogP contribution < -0.4 is 5.32 Å². The van der Waals surface area contributed by atoms with E-state index in [-0.39, 0.29) is 15.6 Å². The Balaban J connectivity index is 2.17. The highest BCUT2D eigenvalue weighted by Gasteiger charge is 2.20. The van der Waals surface area contributed by atoms with Gasteiger partial charge < -0.3 is 9.88 Å². The first-order valence-corrected chi connectivity index (χ1v) is 6.66. The maximum absolute atomic E-state index is 12.0. The van der Waals surface area contributed by atoms with Crippen LogP contribution in [0.25, 0.3) is 0 Å². The van der Waals surface area contributed by atoms with Crippen molar-refractivity contribution in [2.75, 3.05) is 0 Å². The average Bonchev–Trinajstić information content (AvgIpc) is 2.84. The first-order valence-electron chi connectivity index (χ1n) is 5.91. The number of carbonyl (C=O) groups is 1. The molecule has 0 bridgehead atoms. The molecular weight excluding hydrogens is 317 g/mol. The van der Waals surface area contributed by atoms with Crippen molar-refractivity contribution in [3.63, 3.8) is 0 Å². The van der Waals surface area contributed by atoms with E-state index in [9.17, 15) is 14.9 Å². The van der Waals surface area contributed by atoms with Gasteiger partial charge in [-0.3, -0.25) is 14.9 Å². The molecule has 1 aromatic carbocycles. The lowest BCUT2D eigenvalue weighted by atomic mass is 10.2. The molecule has 0 radical (unpaired) electrons. The van der Waals surface area contributed by atoms with Gasteiger partial charge in [-0.2, -0.15) is 0 Å². The summed E-state index contributed by atoms with van der Waals surface area (Å²) in [4.78, 5) is 22.2. The van der Waals surface area contributed by atoms with Gasteiger partial charge in [0.15, 0.2) is 0 Å². The molecule has 1 amide bonds. The summed E-state index contributed by atoms with van der Waals surface area (Å²) in [6.07, 6.45) is 3.71. The number of rotatable bonds is 4. The molecule has 8 heteroatoms. The zero-order chi connectivity index (χ0) is 15.6. The van der Waals surface area contributed by atoms with E-state index in [1.165, 1.54) is 6.07 Å². The second-order valence-electron chi connectivity index (χ2n) is 4.42. The summed E-state index contributed by atoms with van der Waals surface area (Å²) in [5.74, 6) is -0.458. The van der Waals surface area contributed by atoms with Crippen LogP contribution in [0.1, 0.15) is 15.9 Å². The van der Waals surface area contributed by atoms with E-state index in [0.717, 1.165) is 11.6 Å². The van der Waals surface area contributed by atoms with E-state index in [4.69, 9.17) is 23.2 Å². The molecular formula is C13H11Cl2N3O3. The fourth-order valence-electron chi connectivity index (χ4n) is 1.79. The molecule has 0 spiro atoms. The van der Waals surface area contributed by atoms with Gasteiger partial charge in [0.2, 0.25) is 0 Å². The van der Waals surface area contributed by atoms with Crippen molar-refractivity contribution in [2.24, 2.45) is 7.05 Å². The zero-order valence-electron chi connectivity index (χ0n) is 11.0. The van der Waals surface area contributed by atoms with Gasteiger partial charge in [0.05, 0.1) is 9.95 Å². The first-order chi connectivity index (χ1) is 9.88. The summed E-state index contributed by atoms with van der Waals surface area (Å²) in [5, 5.41) is 13.3. The molecule has 0 aliphatic rings. The summed E-state index contributed by atoms with van der Waals surface area (Å²) in [6, 6.07) is 4.27. The number of carbonyl (C=O) groups excluding carboxylic acids is 1. The minimum atomic E-state index is -0.678. The molecule has 0 atom stereocenters. The molecule has 6 nitrogen and oxygen atoms in total. The number of aryl methyl sites for hydroxylation is 1. The standard InChI is InChI=1S/C13H11Cl2N3O3/c1-17-3-2-8(7-17)6-16-13(19)9-4-10(14)12(15)11(5-9)18(20)21/h2-5,7H,6H2,1H3,(H,16,19). The quantitative estimate of drug-likeness (QED) is 0.692. The Kier molecular flexibility index (Phi) is 4.50. The van der Waals surface area contributed by atoms with E-state index in [1.54, 1.807) is 0 Å². The Morgan fingerprint density at radius 2 is 2.14 bits per heavy atom. The van der Waals surface area contributed by atoms with Crippen molar-refractivity contribution >= 4 is 34.8 Å². The molecule has 21 heavy (non-hydrogen) atoms. The van der Waals surface area contributed by atoms with Gasteiger partial charge in [-0.15, -0.1) is 0 Å². The minimum absolute atomic E-state index is 0.0317. The highest BCUT2D eigenvalue weighted by Crippen LogP contribution is 2.33. The molecule has 1 heterocycles. The Morgan fingerprint density at radius 1 is 1.43 bits per heavy atom. The molecule has 0 aliphatic carbocycles. The van der Waals surface area contributed by atoms with Crippen molar-refractivity contribution in [2.45, 2.75) is 6.54 Å². The van der Waals surface area contributed by atoms with Crippen molar-refractivity contribution in [3.05, 3.63) is 61.9 Å². The monoisotopic (exact) mass is 327 g/mol. The number of nitro groups is 1. The molecule has 110 valence electrons. The summed E-state index contributed by atoms with van der Waals surface area (Å²) < 4.78 is 1.85. The smallest absolute Gasteiger partial charge is 0.290 e. The fourth-order valence-corrected chi connectivity index (χ4v) is 2.18. The Hall–Kier alpha value is -2.05. The zero-order valence-corrected chi connectivity index (χ0v) is 12.5. The maximum Gasteiger partial charge on any atom is 0.290 e. The third-order valence-corrected chi connectivity index (χ3v) is 3.61. The Bertz CT molecular complexity index is 713. The van der Waals surface area contributed by atoms with Crippen LogP contribution in [0.5, 0.6) is 0 Å². The highest BCUT2D eigenvalue weighted by molar-refractivity contribution is 6.43. The maximum atomic E-state index is 12.0. The van der Waals surface area contributed by atoms with E-state index in [1.807, 2.05) is 30.1 Å². The predicted molar refractivity (Wildman–Crippen MR) is 79.7 cm³/mol. The number of nitro benzene ring substituents is 1. The molecule has 0 saturated carbocycles. The lowest BCUT2D eigenvalue weighted by molar-refractivity contribution is -0.384.